The standard InChI is InChI=1S/C19H24ClN3O2/c1-3-23(13-14-7-5-4-6-8-14)10-9-22-19(24)15-11-16(20)17(21)12-18(15)25-2/h4-8,11-12H,3,9-10,13,21H2,1-2H3,(H,22,24). The minimum Gasteiger partial charge on any atom is -0.496 e. The van der Waals surface area contributed by atoms with Gasteiger partial charge >= 0.3 is 0 Å². The highest BCUT2D eigenvalue weighted by atomic mass is 35.5. The number of hydrogen-bond donors (Lipinski definition) is 2. The zero-order chi connectivity index (χ0) is 18.2. The van der Waals surface area contributed by atoms with Crippen LogP contribution in [0.5, 0.6) is 5.75 Å². The second kappa shape index (κ2) is 9.30. The van der Waals surface area contributed by atoms with Crippen LogP contribution < -0.4 is 15.8 Å². The van der Waals surface area contributed by atoms with Gasteiger partial charge in [0.15, 0.2) is 0 Å². The molecule has 0 heterocycles. The molecule has 2 rings (SSSR count). The van der Waals surface area contributed by atoms with E-state index in [0.717, 1.165) is 19.6 Å². The maximum Gasteiger partial charge on any atom is 0.255 e. The summed E-state index contributed by atoms with van der Waals surface area (Å²) < 4.78 is 5.22. The zero-order valence-corrected chi connectivity index (χ0v) is 15.3. The molecule has 5 nitrogen and oxygen atoms in total. The van der Waals surface area contributed by atoms with Crippen LogP contribution in [-0.4, -0.2) is 37.6 Å². The number of hydrogen-bond acceptors (Lipinski definition) is 4. The highest BCUT2D eigenvalue weighted by Crippen LogP contribution is 2.28. The van der Waals surface area contributed by atoms with Crippen molar-refractivity contribution in [1.29, 1.82) is 0 Å². The van der Waals surface area contributed by atoms with Crippen molar-refractivity contribution in [1.82, 2.24) is 10.2 Å². The van der Waals surface area contributed by atoms with Gasteiger partial charge in [0.2, 0.25) is 0 Å². The van der Waals surface area contributed by atoms with Crippen LogP contribution in [0.2, 0.25) is 5.02 Å². The maximum absolute atomic E-state index is 12.4. The van der Waals surface area contributed by atoms with Gasteiger partial charge in [0.1, 0.15) is 5.75 Å². The molecule has 0 aliphatic rings. The van der Waals surface area contributed by atoms with E-state index in [-0.39, 0.29) is 5.91 Å². The smallest absolute Gasteiger partial charge is 0.255 e. The normalized spacial score (nSPS) is 10.7. The number of carbonyl (C=O) groups is 1. The molecule has 0 saturated heterocycles. The highest BCUT2D eigenvalue weighted by molar-refractivity contribution is 6.33. The van der Waals surface area contributed by atoms with Gasteiger partial charge in [-0.1, -0.05) is 48.9 Å². The van der Waals surface area contributed by atoms with E-state index in [1.807, 2.05) is 18.2 Å². The summed E-state index contributed by atoms with van der Waals surface area (Å²) in [5.74, 6) is 0.186. The number of benzene rings is 2. The summed E-state index contributed by atoms with van der Waals surface area (Å²) in [5, 5.41) is 3.25. The number of halogens is 1. The average molecular weight is 362 g/mol. The van der Waals surface area contributed by atoms with Gasteiger partial charge < -0.3 is 15.8 Å². The lowest BCUT2D eigenvalue weighted by Gasteiger charge is -2.21. The molecule has 1 amide bonds. The van der Waals surface area contributed by atoms with Crippen LogP contribution in [0, 0.1) is 0 Å². The van der Waals surface area contributed by atoms with Gasteiger partial charge in [-0.25, -0.2) is 0 Å². The number of ether oxygens (including phenoxy) is 1. The second-order valence-electron chi connectivity index (χ2n) is 5.68. The lowest BCUT2D eigenvalue weighted by Crippen LogP contribution is -2.34. The Morgan fingerprint density at radius 2 is 2.00 bits per heavy atom. The summed E-state index contributed by atoms with van der Waals surface area (Å²) >= 11 is 6.02. The Kier molecular flexibility index (Phi) is 7.10. The molecule has 6 heteroatoms. The Bertz CT molecular complexity index is 707. The minimum atomic E-state index is -0.227. The monoisotopic (exact) mass is 361 g/mol. The fourth-order valence-electron chi connectivity index (χ4n) is 2.53. The molecule has 134 valence electrons. The number of amides is 1. The van der Waals surface area contributed by atoms with Crippen LogP contribution in [0.15, 0.2) is 42.5 Å². The fraction of sp³-hybridized carbons (Fsp3) is 0.316. The van der Waals surface area contributed by atoms with Crippen LogP contribution in [0.1, 0.15) is 22.8 Å². The van der Waals surface area contributed by atoms with Crippen LogP contribution in [0.25, 0.3) is 0 Å². The first-order valence-electron chi connectivity index (χ1n) is 8.22. The van der Waals surface area contributed by atoms with Gasteiger partial charge in [0.25, 0.3) is 5.91 Å². The summed E-state index contributed by atoms with van der Waals surface area (Å²) in [4.78, 5) is 14.7. The van der Waals surface area contributed by atoms with E-state index in [1.54, 1.807) is 6.07 Å². The summed E-state index contributed by atoms with van der Waals surface area (Å²) in [7, 11) is 1.50. The molecular formula is C19H24ClN3O2. The van der Waals surface area contributed by atoms with Gasteiger partial charge in [-0.05, 0) is 18.2 Å². The van der Waals surface area contributed by atoms with Crippen molar-refractivity contribution in [3.8, 4) is 5.75 Å². The average Bonchev–Trinajstić information content (AvgIpc) is 2.63. The van der Waals surface area contributed by atoms with Crippen molar-refractivity contribution in [3.63, 3.8) is 0 Å². The summed E-state index contributed by atoms with van der Waals surface area (Å²) in [6.07, 6.45) is 0. The maximum atomic E-state index is 12.4. The van der Waals surface area contributed by atoms with Crippen LogP contribution in [-0.2, 0) is 6.54 Å². The van der Waals surface area contributed by atoms with Gasteiger partial charge in [0, 0.05) is 25.7 Å². The van der Waals surface area contributed by atoms with E-state index in [9.17, 15) is 4.79 Å². The van der Waals surface area contributed by atoms with E-state index in [0.29, 0.717) is 28.6 Å². The lowest BCUT2D eigenvalue weighted by atomic mass is 10.1. The number of rotatable bonds is 8. The molecule has 0 aliphatic heterocycles. The highest BCUT2D eigenvalue weighted by Gasteiger charge is 2.15. The van der Waals surface area contributed by atoms with Crippen molar-refractivity contribution >= 4 is 23.2 Å². The molecular weight excluding hydrogens is 338 g/mol. The number of likely N-dealkylation sites (N-methyl/N-ethyl adjacent to an activating group) is 1. The molecule has 0 radical (unpaired) electrons. The van der Waals surface area contributed by atoms with Crippen molar-refractivity contribution in [2.45, 2.75) is 13.5 Å². The lowest BCUT2D eigenvalue weighted by molar-refractivity contribution is 0.0945. The van der Waals surface area contributed by atoms with Crippen molar-refractivity contribution in [3.05, 3.63) is 58.6 Å². The van der Waals surface area contributed by atoms with Gasteiger partial charge in [0.05, 0.1) is 23.4 Å². The number of anilines is 1. The van der Waals surface area contributed by atoms with Crippen LogP contribution in [0.3, 0.4) is 0 Å². The molecule has 2 aromatic rings. The molecule has 0 aliphatic carbocycles. The fourth-order valence-corrected chi connectivity index (χ4v) is 2.69. The zero-order valence-electron chi connectivity index (χ0n) is 14.6. The van der Waals surface area contributed by atoms with Gasteiger partial charge in [-0.2, -0.15) is 0 Å². The molecule has 0 bridgehead atoms. The Labute approximate surface area is 153 Å². The first-order valence-corrected chi connectivity index (χ1v) is 8.60. The van der Waals surface area contributed by atoms with Crippen LogP contribution in [0.4, 0.5) is 5.69 Å². The van der Waals surface area contributed by atoms with E-state index < -0.39 is 0 Å². The molecule has 0 unspecified atom stereocenters. The summed E-state index contributed by atoms with van der Waals surface area (Å²) in [6, 6.07) is 13.4. The topological polar surface area (TPSA) is 67.6 Å². The molecule has 25 heavy (non-hydrogen) atoms. The van der Waals surface area contributed by atoms with E-state index >= 15 is 0 Å². The number of nitrogen functional groups attached to an aromatic ring is 1. The van der Waals surface area contributed by atoms with Crippen LogP contribution >= 0.6 is 11.6 Å². The number of nitrogens with two attached hydrogens (primary N) is 1. The Balaban J connectivity index is 1.92. The molecule has 0 saturated carbocycles. The Morgan fingerprint density at radius 3 is 2.64 bits per heavy atom. The molecule has 0 aromatic heterocycles. The molecule has 0 atom stereocenters. The van der Waals surface area contributed by atoms with Gasteiger partial charge in [-0.15, -0.1) is 0 Å². The molecule has 0 fully saturated rings. The van der Waals surface area contributed by atoms with Crippen molar-refractivity contribution in [2.24, 2.45) is 0 Å². The summed E-state index contributed by atoms with van der Waals surface area (Å²) in [6.45, 7) is 5.15. The largest absolute Gasteiger partial charge is 0.496 e. The van der Waals surface area contributed by atoms with E-state index in [1.165, 1.54) is 18.7 Å². The Morgan fingerprint density at radius 1 is 1.28 bits per heavy atom. The number of nitrogens with zero attached hydrogens (tertiary/aromatic N) is 1. The third-order valence-electron chi connectivity index (χ3n) is 3.97. The first-order chi connectivity index (χ1) is 12.0. The summed E-state index contributed by atoms with van der Waals surface area (Å²) in [5.41, 5.74) is 7.77. The number of methoxy groups -OCH3 is 1. The third kappa shape index (κ3) is 5.37. The molecule has 3 N–H and O–H groups in total. The predicted molar refractivity (Wildman–Crippen MR) is 102 cm³/mol. The van der Waals surface area contributed by atoms with E-state index in [4.69, 9.17) is 22.1 Å². The number of nitrogens with one attached hydrogen (secondary N) is 1. The second-order valence-corrected chi connectivity index (χ2v) is 6.09. The van der Waals surface area contributed by atoms with Crippen molar-refractivity contribution < 1.29 is 9.53 Å². The predicted octanol–water partition coefficient (Wildman–Crippen LogP) is 3.18. The third-order valence-corrected chi connectivity index (χ3v) is 4.30. The number of carbonyl (C=O) groups excluding carboxylic acids is 1. The SMILES string of the molecule is CCN(CCNC(=O)c1cc(Cl)c(N)cc1OC)Cc1ccccc1. The minimum absolute atomic E-state index is 0.227. The van der Waals surface area contributed by atoms with E-state index in [2.05, 4.69) is 29.3 Å². The van der Waals surface area contributed by atoms with Crippen molar-refractivity contribution in [2.75, 3.05) is 32.5 Å². The Hall–Kier alpha value is -2.24. The first kappa shape index (κ1) is 19.1. The van der Waals surface area contributed by atoms with Gasteiger partial charge in [-0.3, -0.25) is 9.69 Å². The molecule has 2 aromatic carbocycles. The molecule has 0 spiro atoms. The quantitative estimate of drug-likeness (QED) is 0.708.